The van der Waals surface area contributed by atoms with Crippen LogP contribution in [0.5, 0.6) is 0 Å². The first kappa shape index (κ1) is 22.0. The summed E-state index contributed by atoms with van der Waals surface area (Å²) >= 11 is 0. The summed E-state index contributed by atoms with van der Waals surface area (Å²) in [6.07, 6.45) is -0.794. The average molecular weight is 448 g/mol. The second-order valence-corrected chi connectivity index (χ2v) is 7.68. The lowest BCUT2D eigenvalue weighted by Gasteiger charge is -2.17. The van der Waals surface area contributed by atoms with Gasteiger partial charge in [-0.15, -0.1) is 0 Å². The second kappa shape index (κ2) is 9.12. The molecular weight excluding hydrogens is 427 g/mol. The van der Waals surface area contributed by atoms with E-state index >= 15 is 0 Å². The number of nitrogens with one attached hydrogen (secondary N) is 2. The van der Waals surface area contributed by atoms with Crippen molar-refractivity contribution >= 4 is 23.7 Å². The van der Waals surface area contributed by atoms with E-state index in [1.807, 2.05) is 48.5 Å². The van der Waals surface area contributed by atoms with Crippen LogP contribution in [-0.2, 0) is 9.53 Å². The van der Waals surface area contributed by atoms with Gasteiger partial charge in [-0.3, -0.25) is 4.79 Å². The van der Waals surface area contributed by atoms with Gasteiger partial charge in [-0.1, -0.05) is 48.5 Å². The highest BCUT2D eigenvalue weighted by Crippen LogP contribution is 2.44. The summed E-state index contributed by atoms with van der Waals surface area (Å²) in [5.74, 6) is -2.86. The zero-order chi connectivity index (χ0) is 23.5. The fourth-order valence-electron chi connectivity index (χ4n) is 3.93. The molecule has 0 aliphatic heterocycles. The predicted molar refractivity (Wildman–Crippen MR) is 120 cm³/mol. The van der Waals surface area contributed by atoms with Crippen LogP contribution in [0, 0.1) is 5.82 Å². The molecule has 0 saturated carbocycles. The lowest BCUT2D eigenvalue weighted by atomic mass is 9.98. The smallest absolute Gasteiger partial charge is 0.407 e. The van der Waals surface area contributed by atoms with Crippen molar-refractivity contribution < 1.29 is 28.6 Å². The Morgan fingerprint density at radius 3 is 2.21 bits per heavy atom. The number of hydrogen-bond donors (Lipinski definition) is 3. The molecule has 3 aromatic carbocycles. The van der Waals surface area contributed by atoms with E-state index < -0.39 is 29.8 Å². The summed E-state index contributed by atoms with van der Waals surface area (Å²) in [6.45, 7) is 1.50. The third kappa shape index (κ3) is 4.55. The van der Waals surface area contributed by atoms with Crippen molar-refractivity contribution in [2.45, 2.75) is 18.9 Å². The average Bonchev–Trinajstić information content (AvgIpc) is 3.11. The summed E-state index contributed by atoms with van der Waals surface area (Å²) in [5, 5.41) is 14.0. The molecule has 1 aliphatic carbocycles. The van der Waals surface area contributed by atoms with Crippen molar-refractivity contribution in [1.29, 1.82) is 0 Å². The van der Waals surface area contributed by atoms with Gasteiger partial charge in [-0.05, 0) is 47.4 Å². The number of rotatable bonds is 6. The van der Waals surface area contributed by atoms with Gasteiger partial charge in [0.25, 0.3) is 0 Å². The first-order chi connectivity index (χ1) is 15.8. The molecule has 0 bridgehead atoms. The second-order valence-electron chi connectivity index (χ2n) is 7.68. The number of ether oxygens (including phenoxy) is 1. The molecule has 0 aromatic heterocycles. The molecule has 2 amide bonds. The van der Waals surface area contributed by atoms with Crippen LogP contribution in [0.1, 0.15) is 34.3 Å². The molecule has 168 valence electrons. The molecule has 1 atom stereocenters. The summed E-state index contributed by atoms with van der Waals surface area (Å²) in [7, 11) is 0. The quantitative estimate of drug-likeness (QED) is 0.519. The number of amides is 2. The fraction of sp³-hybridized carbons (Fsp3) is 0.160. The van der Waals surface area contributed by atoms with Crippen molar-refractivity contribution in [1.82, 2.24) is 5.32 Å². The molecular formula is C25H21FN2O5. The minimum absolute atomic E-state index is 0.0846. The Labute approximate surface area is 189 Å². The van der Waals surface area contributed by atoms with Gasteiger partial charge in [0.1, 0.15) is 18.5 Å². The van der Waals surface area contributed by atoms with Gasteiger partial charge in [0.05, 0.1) is 11.3 Å². The van der Waals surface area contributed by atoms with Crippen molar-refractivity contribution in [3.05, 3.63) is 89.2 Å². The number of fused-ring (bicyclic) bond motifs is 3. The number of carboxylic acids is 1. The molecule has 7 nitrogen and oxygen atoms in total. The Kier molecular flexibility index (Phi) is 6.08. The van der Waals surface area contributed by atoms with Crippen LogP contribution in [0.3, 0.4) is 0 Å². The number of carbonyl (C=O) groups is 3. The number of hydrogen-bond acceptors (Lipinski definition) is 4. The van der Waals surface area contributed by atoms with Crippen molar-refractivity contribution in [3.63, 3.8) is 0 Å². The molecule has 3 N–H and O–H groups in total. The molecule has 4 rings (SSSR count). The number of anilines is 1. The molecule has 1 aliphatic rings. The van der Waals surface area contributed by atoms with Crippen LogP contribution in [0.2, 0.25) is 0 Å². The van der Waals surface area contributed by atoms with Crippen LogP contribution in [-0.4, -0.2) is 35.7 Å². The zero-order valence-electron chi connectivity index (χ0n) is 17.7. The highest BCUT2D eigenvalue weighted by Gasteiger charge is 2.29. The number of benzene rings is 3. The number of carbonyl (C=O) groups excluding carboxylic acids is 2. The molecule has 33 heavy (non-hydrogen) atoms. The molecule has 0 heterocycles. The van der Waals surface area contributed by atoms with Gasteiger partial charge in [0, 0.05) is 5.92 Å². The first-order valence-corrected chi connectivity index (χ1v) is 10.3. The number of carboxylic acid groups (broad SMARTS) is 1. The van der Waals surface area contributed by atoms with E-state index in [1.54, 1.807) is 0 Å². The molecule has 8 heteroatoms. The standard InChI is InChI=1S/C25H21FN2O5/c1-14(23(29)28-22-12-15(26)10-11-20(22)24(30)31)27-25(32)33-13-21-18-8-4-2-6-16(18)17-7-3-5-9-19(17)21/h2-12,14,21H,13H2,1H3,(H,27,32)(H,28,29)(H,30,31)/t14-/m0/s1. The highest BCUT2D eigenvalue weighted by molar-refractivity contribution is 6.02. The van der Waals surface area contributed by atoms with Crippen molar-refractivity contribution in [3.8, 4) is 11.1 Å². The van der Waals surface area contributed by atoms with Gasteiger partial charge in [-0.2, -0.15) is 0 Å². The highest BCUT2D eigenvalue weighted by atomic mass is 19.1. The summed E-state index contributed by atoms with van der Waals surface area (Å²) < 4.78 is 18.9. The van der Waals surface area contributed by atoms with E-state index in [2.05, 4.69) is 10.6 Å². The van der Waals surface area contributed by atoms with Gasteiger partial charge in [-0.25, -0.2) is 14.0 Å². The summed E-state index contributed by atoms with van der Waals surface area (Å²) in [5.41, 5.74) is 3.85. The van der Waals surface area contributed by atoms with Crippen molar-refractivity contribution in [2.75, 3.05) is 11.9 Å². The van der Waals surface area contributed by atoms with E-state index in [1.165, 1.54) is 6.92 Å². The topological polar surface area (TPSA) is 105 Å². The Balaban J connectivity index is 1.38. The van der Waals surface area contributed by atoms with Crippen LogP contribution in [0.25, 0.3) is 11.1 Å². The molecule has 0 fully saturated rings. The number of aromatic carboxylic acids is 1. The predicted octanol–water partition coefficient (Wildman–Crippen LogP) is 4.39. The maximum Gasteiger partial charge on any atom is 0.407 e. The third-order valence-corrected chi connectivity index (χ3v) is 5.54. The maximum absolute atomic E-state index is 13.5. The molecule has 3 aromatic rings. The van der Waals surface area contributed by atoms with Crippen LogP contribution in [0.4, 0.5) is 14.9 Å². The van der Waals surface area contributed by atoms with E-state index in [4.69, 9.17) is 4.74 Å². The molecule has 0 unspecified atom stereocenters. The van der Waals surface area contributed by atoms with Crippen molar-refractivity contribution in [2.24, 2.45) is 0 Å². The lowest BCUT2D eigenvalue weighted by molar-refractivity contribution is -0.117. The summed E-state index contributed by atoms with van der Waals surface area (Å²) in [4.78, 5) is 36.1. The van der Waals surface area contributed by atoms with Gasteiger partial charge < -0.3 is 20.5 Å². The van der Waals surface area contributed by atoms with E-state index in [0.29, 0.717) is 0 Å². The van der Waals surface area contributed by atoms with Crippen LogP contribution >= 0.6 is 0 Å². The maximum atomic E-state index is 13.5. The minimum Gasteiger partial charge on any atom is -0.478 e. The van der Waals surface area contributed by atoms with Crippen LogP contribution < -0.4 is 10.6 Å². The van der Waals surface area contributed by atoms with Crippen LogP contribution in [0.15, 0.2) is 66.7 Å². The molecule has 0 radical (unpaired) electrons. The zero-order valence-corrected chi connectivity index (χ0v) is 17.7. The van der Waals surface area contributed by atoms with E-state index in [9.17, 15) is 23.9 Å². The Bertz CT molecular complexity index is 1200. The van der Waals surface area contributed by atoms with E-state index in [-0.39, 0.29) is 23.8 Å². The van der Waals surface area contributed by atoms with Gasteiger partial charge >= 0.3 is 12.1 Å². The normalized spacial score (nSPS) is 12.9. The monoisotopic (exact) mass is 448 g/mol. The first-order valence-electron chi connectivity index (χ1n) is 10.3. The fourth-order valence-corrected chi connectivity index (χ4v) is 3.93. The Morgan fingerprint density at radius 2 is 1.61 bits per heavy atom. The van der Waals surface area contributed by atoms with Gasteiger partial charge in [0.15, 0.2) is 0 Å². The Morgan fingerprint density at radius 1 is 1.00 bits per heavy atom. The third-order valence-electron chi connectivity index (χ3n) is 5.54. The molecule has 0 saturated heterocycles. The SMILES string of the molecule is C[C@H](NC(=O)OCC1c2ccccc2-c2ccccc21)C(=O)Nc1cc(F)ccc1C(=O)O. The Hall–Kier alpha value is -4.20. The lowest BCUT2D eigenvalue weighted by Crippen LogP contribution is -2.42. The summed E-state index contributed by atoms with van der Waals surface area (Å²) in [6, 6.07) is 17.7. The minimum atomic E-state index is -1.32. The largest absolute Gasteiger partial charge is 0.478 e. The van der Waals surface area contributed by atoms with E-state index in [0.717, 1.165) is 40.5 Å². The molecule has 0 spiro atoms. The number of alkyl carbamates (subject to hydrolysis) is 1. The van der Waals surface area contributed by atoms with Gasteiger partial charge in [0.2, 0.25) is 5.91 Å². The number of halogens is 1.